The average Bonchev–Trinajstić information content (AvgIpc) is 2.98. The van der Waals surface area contributed by atoms with Crippen molar-refractivity contribution in [3.8, 4) is 5.69 Å². The molecule has 2 heterocycles. The second kappa shape index (κ2) is 6.57. The van der Waals surface area contributed by atoms with E-state index >= 15 is 0 Å². The van der Waals surface area contributed by atoms with Gasteiger partial charge < -0.3 is 5.32 Å². The number of pyridine rings is 1. The number of hydrogen-bond acceptors (Lipinski definition) is 4. The molecule has 0 aliphatic carbocycles. The lowest BCUT2D eigenvalue weighted by molar-refractivity contribution is 0.0945. The van der Waals surface area contributed by atoms with E-state index in [1.807, 2.05) is 6.07 Å². The summed E-state index contributed by atoms with van der Waals surface area (Å²) >= 11 is 0. The highest BCUT2D eigenvalue weighted by Crippen LogP contribution is 2.16. The lowest BCUT2D eigenvalue weighted by Crippen LogP contribution is -2.24. The fourth-order valence-corrected chi connectivity index (χ4v) is 2.27. The van der Waals surface area contributed by atoms with Gasteiger partial charge in [-0.3, -0.25) is 9.78 Å². The molecule has 0 spiro atoms. The lowest BCUT2D eigenvalue weighted by Gasteiger charge is -2.06. The Bertz CT molecular complexity index is 876. The summed E-state index contributed by atoms with van der Waals surface area (Å²) < 4.78 is 15.2. The number of carbonyl (C=O) groups is 1. The predicted octanol–water partition coefficient (Wildman–Crippen LogP) is 2.35. The number of hydrogen-bond donors (Lipinski definition) is 1. The first-order valence-corrected chi connectivity index (χ1v) is 7.42. The van der Waals surface area contributed by atoms with Gasteiger partial charge in [0.1, 0.15) is 5.82 Å². The Labute approximate surface area is 138 Å². The van der Waals surface area contributed by atoms with E-state index in [4.69, 9.17) is 0 Å². The number of amides is 1. The summed E-state index contributed by atoms with van der Waals surface area (Å²) in [4.78, 5) is 16.3. The number of aromatic nitrogens is 4. The van der Waals surface area contributed by atoms with Crippen molar-refractivity contribution < 1.29 is 9.18 Å². The molecule has 1 aromatic carbocycles. The maximum Gasteiger partial charge on any atom is 0.274 e. The van der Waals surface area contributed by atoms with E-state index in [0.717, 1.165) is 5.56 Å². The van der Waals surface area contributed by atoms with Crippen molar-refractivity contribution in [1.29, 1.82) is 0 Å². The third-order valence-electron chi connectivity index (χ3n) is 3.69. The van der Waals surface area contributed by atoms with Gasteiger partial charge in [-0.25, -0.2) is 9.07 Å². The first-order chi connectivity index (χ1) is 11.6. The molecule has 0 atom stereocenters. The van der Waals surface area contributed by atoms with E-state index in [1.54, 1.807) is 44.4 Å². The maximum absolute atomic E-state index is 13.7. The standard InChI is InChI=1S/C17H16FN5O/c1-11-5-6-14(8-15(11)18)23-12(2)16(21-22-23)17(24)20-10-13-4-3-7-19-9-13/h3-9H,10H2,1-2H3,(H,20,24). The fourth-order valence-electron chi connectivity index (χ4n) is 2.27. The van der Waals surface area contributed by atoms with Gasteiger partial charge in [-0.05, 0) is 43.2 Å². The lowest BCUT2D eigenvalue weighted by atomic mass is 10.2. The van der Waals surface area contributed by atoms with Crippen molar-refractivity contribution in [2.45, 2.75) is 20.4 Å². The van der Waals surface area contributed by atoms with Gasteiger partial charge in [-0.15, -0.1) is 5.10 Å². The monoisotopic (exact) mass is 325 g/mol. The molecule has 0 aliphatic rings. The number of benzene rings is 1. The Balaban J connectivity index is 1.79. The summed E-state index contributed by atoms with van der Waals surface area (Å²) in [5.41, 5.74) is 2.71. The van der Waals surface area contributed by atoms with Crippen molar-refractivity contribution in [3.05, 3.63) is 71.1 Å². The van der Waals surface area contributed by atoms with Crippen molar-refractivity contribution in [3.63, 3.8) is 0 Å². The zero-order valence-electron chi connectivity index (χ0n) is 13.3. The molecule has 24 heavy (non-hydrogen) atoms. The van der Waals surface area contributed by atoms with E-state index < -0.39 is 0 Å². The van der Waals surface area contributed by atoms with Gasteiger partial charge in [0.25, 0.3) is 5.91 Å². The summed E-state index contributed by atoms with van der Waals surface area (Å²) in [5.74, 6) is -0.667. The largest absolute Gasteiger partial charge is 0.346 e. The van der Waals surface area contributed by atoms with Crippen LogP contribution in [0, 0.1) is 19.7 Å². The van der Waals surface area contributed by atoms with Crippen LogP contribution >= 0.6 is 0 Å². The maximum atomic E-state index is 13.7. The number of halogens is 1. The molecule has 0 saturated heterocycles. The number of aryl methyl sites for hydroxylation is 1. The van der Waals surface area contributed by atoms with Crippen LogP contribution in [0.15, 0.2) is 42.7 Å². The molecule has 0 saturated carbocycles. The van der Waals surface area contributed by atoms with Crippen LogP contribution in [-0.4, -0.2) is 25.9 Å². The summed E-state index contributed by atoms with van der Waals surface area (Å²) in [6.07, 6.45) is 3.35. The molecule has 0 unspecified atom stereocenters. The molecular formula is C17H16FN5O. The average molecular weight is 325 g/mol. The smallest absolute Gasteiger partial charge is 0.274 e. The first kappa shape index (κ1) is 15.8. The fraction of sp³-hybridized carbons (Fsp3) is 0.176. The molecule has 6 nitrogen and oxygen atoms in total. The molecule has 122 valence electrons. The van der Waals surface area contributed by atoms with Gasteiger partial charge in [0.05, 0.1) is 11.4 Å². The Hall–Kier alpha value is -3.09. The summed E-state index contributed by atoms with van der Waals surface area (Å²) in [6, 6.07) is 8.43. The summed E-state index contributed by atoms with van der Waals surface area (Å²) in [5, 5.41) is 10.7. The Morgan fingerprint density at radius 3 is 2.83 bits per heavy atom. The molecular weight excluding hydrogens is 309 g/mol. The SMILES string of the molecule is Cc1ccc(-n2nnc(C(=O)NCc3cccnc3)c2C)cc1F. The Morgan fingerprint density at radius 1 is 1.29 bits per heavy atom. The molecule has 7 heteroatoms. The number of rotatable bonds is 4. The number of nitrogens with one attached hydrogen (secondary N) is 1. The van der Waals surface area contributed by atoms with Gasteiger partial charge in [-0.1, -0.05) is 17.3 Å². The van der Waals surface area contributed by atoms with Gasteiger partial charge in [0.15, 0.2) is 5.69 Å². The van der Waals surface area contributed by atoms with Crippen LogP contribution in [0.4, 0.5) is 4.39 Å². The molecule has 0 fully saturated rings. The van der Waals surface area contributed by atoms with Gasteiger partial charge in [-0.2, -0.15) is 0 Å². The minimum Gasteiger partial charge on any atom is -0.346 e. The Kier molecular flexibility index (Phi) is 4.33. The van der Waals surface area contributed by atoms with Gasteiger partial charge in [0.2, 0.25) is 0 Å². The van der Waals surface area contributed by atoms with Gasteiger partial charge >= 0.3 is 0 Å². The summed E-state index contributed by atoms with van der Waals surface area (Å²) in [7, 11) is 0. The predicted molar refractivity (Wildman–Crippen MR) is 86.2 cm³/mol. The van der Waals surface area contributed by atoms with Crippen LogP contribution in [0.2, 0.25) is 0 Å². The minimum atomic E-state index is -0.338. The van der Waals surface area contributed by atoms with Crippen LogP contribution in [0.3, 0.4) is 0 Å². The second-order valence-electron chi connectivity index (χ2n) is 5.41. The minimum absolute atomic E-state index is 0.208. The van der Waals surface area contributed by atoms with Crippen LogP contribution in [-0.2, 0) is 6.54 Å². The molecule has 0 radical (unpaired) electrons. The van der Waals surface area contributed by atoms with Crippen LogP contribution in [0.5, 0.6) is 0 Å². The highest BCUT2D eigenvalue weighted by molar-refractivity contribution is 5.93. The molecule has 3 aromatic rings. The summed E-state index contributed by atoms with van der Waals surface area (Å²) in [6.45, 7) is 3.75. The van der Waals surface area contributed by atoms with Crippen molar-refractivity contribution in [1.82, 2.24) is 25.3 Å². The normalized spacial score (nSPS) is 10.6. The van der Waals surface area contributed by atoms with E-state index in [2.05, 4.69) is 20.6 Å². The van der Waals surface area contributed by atoms with E-state index in [9.17, 15) is 9.18 Å². The highest BCUT2D eigenvalue weighted by Gasteiger charge is 2.17. The first-order valence-electron chi connectivity index (χ1n) is 7.42. The Morgan fingerprint density at radius 2 is 2.12 bits per heavy atom. The molecule has 2 aromatic heterocycles. The van der Waals surface area contributed by atoms with E-state index in [-0.39, 0.29) is 17.4 Å². The van der Waals surface area contributed by atoms with E-state index in [1.165, 1.54) is 10.7 Å². The van der Waals surface area contributed by atoms with Crippen LogP contribution in [0.25, 0.3) is 5.69 Å². The third-order valence-corrected chi connectivity index (χ3v) is 3.69. The topological polar surface area (TPSA) is 72.7 Å². The van der Waals surface area contributed by atoms with Crippen molar-refractivity contribution in [2.24, 2.45) is 0 Å². The number of carbonyl (C=O) groups excluding carboxylic acids is 1. The van der Waals surface area contributed by atoms with E-state index in [0.29, 0.717) is 23.5 Å². The molecule has 1 N–H and O–H groups in total. The van der Waals surface area contributed by atoms with Crippen LogP contribution < -0.4 is 5.32 Å². The molecule has 1 amide bonds. The highest BCUT2D eigenvalue weighted by atomic mass is 19.1. The zero-order valence-corrected chi connectivity index (χ0v) is 13.3. The van der Waals surface area contributed by atoms with Crippen LogP contribution in [0.1, 0.15) is 27.3 Å². The molecule has 3 rings (SSSR count). The molecule has 0 aliphatic heterocycles. The molecule has 0 bridgehead atoms. The van der Waals surface area contributed by atoms with Gasteiger partial charge in [0, 0.05) is 18.9 Å². The zero-order chi connectivity index (χ0) is 17.1. The quantitative estimate of drug-likeness (QED) is 0.799. The van der Waals surface area contributed by atoms with Crippen molar-refractivity contribution >= 4 is 5.91 Å². The number of nitrogens with zero attached hydrogens (tertiary/aromatic N) is 4. The third kappa shape index (κ3) is 3.15. The van der Waals surface area contributed by atoms with Crippen molar-refractivity contribution in [2.75, 3.05) is 0 Å². The second-order valence-corrected chi connectivity index (χ2v) is 5.41.